The first kappa shape index (κ1) is 12.7. The predicted molar refractivity (Wildman–Crippen MR) is 85.7 cm³/mol. The lowest BCUT2D eigenvalue weighted by atomic mass is 10.1. The number of hydrogen-bond acceptors (Lipinski definition) is 3. The Morgan fingerprint density at radius 3 is 2.86 bits per heavy atom. The SMILES string of the molecule is S=c1nc(-c2ccc3ccccc3c2)[nH]c2c1COCC2. The second kappa shape index (κ2) is 5.06. The van der Waals surface area contributed by atoms with Crippen LogP contribution >= 0.6 is 12.2 Å². The average molecular weight is 294 g/mol. The fraction of sp³-hybridized carbons (Fsp3) is 0.176. The van der Waals surface area contributed by atoms with E-state index in [2.05, 4.69) is 40.3 Å². The first-order valence-corrected chi connectivity index (χ1v) is 7.41. The molecular weight excluding hydrogens is 280 g/mol. The van der Waals surface area contributed by atoms with Crippen LogP contribution in [-0.4, -0.2) is 16.6 Å². The van der Waals surface area contributed by atoms with E-state index in [0.717, 1.165) is 35.7 Å². The van der Waals surface area contributed by atoms with E-state index in [4.69, 9.17) is 17.0 Å². The number of benzene rings is 2. The Hall–Kier alpha value is -2.04. The lowest BCUT2D eigenvalue weighted by Crippen LogP contribution is -2.14. The Bertz CT molecular complexity index is 885. The molecule has 0 saturated heterocycles. The summed E-state index contributed by atoms with van der Waals surface area (Å²) in [7, 11) is 0. The molecule has 0 fully saturated rings. The van der Waals surface area contributed by atoms with Crippen LogP contribution in [0.15, 0.2) is 42.5 Å². The van der Waals surface area contributed by atoms with Crippen molar-refractivity contribution in [1.29, 1.82) is 0 Å². The van der Waals surface area contributed by atoms with Gasteiger partial charge < -0.3 is 9.72 Å². The molecule has 1 aliphatic rings. The topological polar surface area (TPSA) is 37.9 Å². The quantitative estimate of drug-likeness (QED) is 0.689. The van der Waals surface area contributed by atoms with Crippen molar-refractivity contribution >= 4 is 23.0 Å². The van der Waals surface area contributed by atoms with E-state index in [1.54, 1.807) is 0 Å². The Labute approximate surface area is 127 Å². The minimum Gasteiger partial charge on any atom is -0.376 e. The molecule has 2 heterocycles. The molecule has 1 aromatic heterocycles. The summed E-state index contributed by atoms with van der Waals surface area (Å²) in [5.41, 5.74) is 3.25. The molecule has 1 aliphatic heterocycles. The van der Waals surface area contributed by atoms with Crippen LogP contribution in [0.1, 0.15) is 11.3 Å². The molecule has 2 aromatic carbocycles. The minimum absolute atomic E-state index is 0.565. The maximum atomic E-state index is 5.45. The van der Waals surface area contributed by atoms with Crippen molar-refractivity contribution in [2.75, 3.05) is 6.61 Å². The molecule has 1 N–H and O–H groups in total. The van der Waals surface area contributed by atoms with Gasteiger partial charge in [0.15, 0.2) is 0 Å². The highest BCUT2D eigenvalue weighted by Gasteiger charge is 2.14. The van der Waals surface area contributed by atoms with Crippen LogP contribution in [0.2, 0.25) is 0 Å². The van der Waals surface area contributed by atoms with Gasteiger partial charge in [-0.15, -0.1) is 0 Å². The van der Waals surface area contributed by atoms with Crippen LogP contribution in [0.4, 0.5) is 0 Å². The highest BCUT2D eigenvalue weighted by molar-refractivity contribution is 7.71. The summed E-state index contributed by atoms with van der Waals surface area (Å²) in [4.78, 5) is 7.97. The Morgan fingerprint density at radius 2 is 1.95 bits per heavy atom. The summed E-state index contributed by atoms with van der Waals surface area (Å²) in [6.07, 6.45) is 0.863. The molecule has 0 aliphatic carbocycles. The van der Waals surface area contributed by atoms with Crippen molar-refractivity contribution in [3.05, 3.63) is 58.4 Å². The van der Waals surface area contributed by atoms with E-state index in [-0.39, 0.29) is 0 Å². The zero-order valence-corrected chi connectivity index (χ0v) is 12.2. The van der Waals surface area contributed by atoms with Gasteiger partial charge in [0.1, 0.15) is 10.5 Å². The number of ether oxygens (including phenoxy) is 1. The highest BCUT2D eigenvalue weighted by Crippen LogP contribution is 2.24. The van der Waals surface area contributed by atoms with Crippen LogP contribution < -0.4 is 0 Å². The molecule has 0 bridgehead atoms. The van der Waals surface area contributed by atoms with Crippen LogP contribution in [-0.2, 0) is 17.8 Å². The molecule has 0 atom stereocenters. The molecule has 21 heavy (non-hydrogen) atoms. The Morgan fingerprint density at radius 1 is 1.10 bits per heavy atom. The number of fused-ring (bicyclic) bond motifs is 2. The number of aromatic nitrogens is 2. The monoisotopic (exact) mass is 294 g/mol. The van der Waals surface area contributed by atoms with Gasteiger partial charge in [-0.25, -0.2) is 4.98 Å². The molecule has 3 nitrogen and oxygen atoms in total. The lowest BCUT2D eigenvalue weighted by Gasteiger charge is -2.17. The smallest absolute Gasteiger partial charge is 0.139 e. The van der Waals surface area contributed by atoms with Crippen LogP contribution in [0, 0.1) is 4.64 Å². The number of H-pyrrole nitrogens is 1. The first-order valence-electron chi connectivity index (χ1n) is 7.00. The van der Waals surface area contributed by atoms with E-state index in [9.17, 15) is 0 Å². The summed E-state index contributed by atoms with van der Waals surface area (Å²) in [5.74, 6) is 0.839. The molecule has 0 saturated carbocycles. The molecular formula is C17H14N2OS. The fourth-order valence-corrected chi connectivity index (χ4v) is 3.00. The van der Waals surface area contributed by atoms with Crippen LogP contribution in [0.25, 0.3) is 22.2 Å². The molecule has 104 valence electrons. The Kier molecular flexibility index (Phi) is 3.05. The second-order valence-electron chi connectivity index (χ2n) is 5.21. The molecule has 0 radical (unpaired) electrons. The van der Waals surface area contributed by atoms with Crippen molar-refractivity contribution < 1.29 is 4.74 Å². The molecule has 4 rings (SSSR count). The molecule has 0 spiro atoms. The summed E-state index contributed by atoms with van der Waals surface area (Å²) in [5, 5.41) is 2.43. The Balaban J connectivity index is 1.88. The lowest BCUT2D eigenvalue weighted by molar-refractivity contribution is 0.108. The summed E-state index contributed by atoms with van der Waals surface area (Å²) in [6.45, 7) is 1.30. The van der Waals surface area contributed by atoms with E-state index in [1.807, 2.05) is 12.1 Å². The minimum atomic E-state index is 0.565. The zero-order valence-electron chi connectivity index (χ0n) is 11.4. The molecule has 4 heteroatoms. The zero-order chi connectivity index (χ0) is 14.2. The summed E-state index contributed by atoms with van der Waals surface area (Å²) in [6, 6.07) is 14.7. The standard InChI is InChI=1S/C17H14N2OS/c21-17-14-10-20-8-7-15(14)18-16(19-17)13-6-5-11-3-1-2-4-12(11)9-13/h1-6,9H,7-8,10H2,(H,18,19,21). The molecule has 0 amide bonds. The van der Waals surface area contributed by atoms with Crippen LogP contribution in [0.3, 0.4) is 0 Å². The fourth-order valence-electron chi connectivity index (χ4n) is 2.73. The highest BCUT2D eigenvalue weighted by atomic mass is 32.1. The summed E-state index contributed by atoms with van der Waals surface area (Å²) >= 11 is 5.41. The normalized spacial score (nSPS) is 14.1. The third-order valence-corrected chi connectivity index (χ3v) is 4.21. The van der Waals surface area contributed by atoms with Gasteiger partial charge in [-0.2, -0.15) is 0 Å². The van der Waals surface area contributed by atoms with Crippen molar-refractivity contribution in [3.8, 4) is 11.4 Å². The van der Waals surface area contributed by atoms with E-state index in [0.29, 0.717) is 11.2 Å². The second-order valence-corrected chi connectivity index (χ2v) is 5.60. The third kappa shape index (κ3) is 2.26. The van der Waals surface area contributed by atoms with Gasteiger partial charge >= 0.3 is 0 Å². The molecule has 3 aromatic rings. The van der Waals surface area contributed by atoms with Gasteiger partial charge in [-0.3, -0.25) is 0 Å². The van der Waals surface area contributed by atoms with Gasteiger partial charge in [0, 0.05) is 23.2 Å². The average Bonchev–Trinajstić information content (AvgIpc) is 2.54. The number of nitrogens with one attached hydrogen (secondary N) is 1. The van der Waals surface area contributed by atoms with Gasteiger partial charge in [-0.05, 0) is 16.8 Å². The van der Waals surface area contributed by atoms with Gasteiger partial charge in [0.05, 0.1) is 13.2 Å². The first-order chi connectivity index (χ1) is 10.3. The third-order valence-electron chi connectivity index (χ3n) is 3.87. The molecule has 0 unspecified atom stereocenters. The van der Waals surface area contributed by atoms with E-state index >= 15 is 0 Å². The van der Waals surface area contributed by atoms with Gasteiger partial charge in [0.2, 0.25) is 0 Å². The van der Waals surface area contributed by atoms with Gasteiger partial charge in [-0.1, -0.05) is 48.6 Å². The van der Waals surface area contributed by atoms with Crippen molar-refractivity contribution in [3.63, 3.8) is 0 Å². The van der Waals surface area contributed by atoms with Crippen LogP contribution in [0.5, 0.6) is 0 Å². The van der Waals surface area contributed by atoms with E-state index in [1.165, 1.54) is 10.8 Å². The maximum Gasteiger partial charge on any atom is 0.139 e. The number of rotatable bonds is 1. The largest absolute Gasteiger partial charge is 0.376 e. The summed E-state index contributed by atoms with van der Waals surface area (Å²) < 4.78 is 6.10. The number of hydrogen-bond donors (Lipinski definition) is 1. The predicted octanol–water partition coefficient (Wildman–Crippen LogP) is 4.03. The van der Waals surface area contributed by atoms with E-state index < -0.39 is 0 Å². The maximum absolute atomic E-state index is 5.45. The van der Waals surface area contributed by atoms with Gasteiger partial charge in [0.25, 0.3) is 0 Å². The van der Waals surface area contributed by atoms with Crippen molar-refractivity contribution in [2.24, 2.45) is 0 Å². The number of nitrogens with zero attached hydrogens (tertiary/aromatic N) is 1. The number of aromatic amines is 1. The van der Waals surface area contributed by atoms with Crippen molar-refractivity contribution in [2.45, 2.75) is 13.0 Å². The van der Waals surface area contributed by atoms with Crippen molar-refractivity contribution in [1.82, 2.24) is 9.97 Å².